The molecule has 0 saturated heterocycles. The van der Waals surface area contributed by atoms with Crippen molar-refractivity contribution in [2.24, 2.45) is 11.8 Å². The van der Waals surface area contributed by atoms with Gasteiger partial charge < -0.3 is 10.4 Å². The van der Waals surface area contributed by atoms with E-state index in [0.29, 0.717) is 17.7 Å². The molecule has 90 valence electrons. The minimum atomic E-state index is -0.944. The number of aryl methyl sites for hydroxylation is 1. The van der Waals surface area contributed by atoms with Gasteiger partial charge in [0.15, 0.2) is 0 Å². The fourth-order valence-electron chi connectivity index (χ4n) is 1.75. The molecule has 1 aliphatic carbocycles. The van der Waals surface area contributed by atoms with Crippen molar-refractivity contribution in [2.75, 3.05) is 5.32 Å². The van der Waals surface area contributed by atoms with Crippen LogP contribution >= 0.6 is 0 Å². The average Bonchev–Trinajstić information content (AvgIpc) is 3.01. The predicted octanol–water partition coefficient (Wildman–Crippen LogP) is 1.79. The maximum absolute atomic E-state index is 12.8. The molecule has 0 bridgehead atoms. The molecule has 0 heterocycles. The molecule has 1 amide bonds. The first-order chi connectivity index (χ1) is 7.99. The Morgan fingerprint density at radius 2 is 2.12 bits per heavy atom. The number of amides is 1. The van der Waals surface area contributed by atoms with Gasteiger partial charge in [0.05, 0.1) is 11.8 Å². The number of carboxylic acid groups (broad SMARTS) is 1. The van der Waals surface area contributed by atoms with Gasteiger partial charge >= 0.3 is 5.97 Å². The molecule has 2 N–H and O–H groups in total. The van der Waals surface area contributed by atoms with Crippen LogP contribution < -0.4 is 5.32 Å². The van der Waals surface area contributed by atoms with E-state index < -0.39 is 17.8 Å². The number of aliphatic carboxylic acids is 1. The Morgan fingerprint density at radius 3 is 2.65 bits per heavy atom. The molecule has 1 aromatic carbocycles. The Kier molecular flexibility index (Phi) is 2.83. The smallest absolute Gasteiger partial charge is 0.307 e. The molecule has 0 spiro atoms. The van der Waals surface area contributed by atoms with Gasteiger partial charge in [0.1, 0.15) is 5.82 Å². The number of hydrogen-bond acceptors (Lipinski definition) is 2. The maximum atomic E-state index is 12.8. The van der Waals surface area contributed by atoms with Crippen LogP contribution in [-0.4, -0.2) is 17.0 Å². The van der Waals surface area contributed by atoms with Crippen molar-refractivity contribution in [3.63, 3.8) is 0 Å². The third-order valence-electron chi connectivity index (χ3n) is 2.89. The molecule has 0 aliphatic heterocycles. The van der Waals surface area contributed by atoms with Crippen LogP contribution in [0.4, 0.5) is 10.1 Å². The highest BCUT2D eigenvalue weighted by Gasteiger charge is 2.48. The lowest BCUT2D eigenvalue weighted by molar-refractivity contribution is -0.139. The van der Waals surface area contributed by atoms with Crippen LogP contribution in [0, 0.1) is 24.6 Å². The predicted molar refractivity (Wildman–Crippen MR) is 59.0 cm³/mol. The number of carboxylic acids is 1. The van der Waals surface area contributed by atoms with E-state index in [1.54, 1.807) is 6.92 Å². The fourth-order valence-corrected chi connectivity index (χ4v) is 1.75. The highest BCUT2D eigenvalue weighted by molar-refractivity contribution is 5.98. The van der Waals surface area contributed by atoms with Gasteiger partial charge in [0.2, 0.25) is 5.91 Å². The summed E-state index contributed by atoms with van der Waals surface area (Å²) in [4.78, 5) is 22.3. The van der Waals surface area contributed by atoms with Crippen LogP contribution in [0.15, 0.2) is 18.2 Å². The second-order valence-corrected chi connectivity index (χ2v) is 4.24. The van der Waals surface area contributed by atoms with Gasteiger partial charge in [-0.2, -0.15) is 0 Å². The van der Waals surface area contributed by atoms with Crippen molar-refractivity contribution in [2.45, 2.75) is 13.3 Å². The highest BCUT2D eigenvalue weighted by Crippen LogP contribution is 2.39. The lowest BCUT2D eigenvalue weighted by Crippen LogP contribution is -2.17. The van der Waals surface area contributed by atoms with Crippen molar-refractivity contribution >= 4 is 17.6 Å². The lowest BCUT2D eigenvalue weighted by Gasteiger charge is -2.07. The summed E-state index contributed by atoms with van der Waals surface area (Å²) in [7, 11) is 0. The molecule has 0 radical (unpaired) electrons. The van der Waals surface area contributed by atoms with E-state index in [1.807, 2.05) is 0 Å². The second kappa shape index (κ2) is 4.16. The largest absolute Gasteiger partial charge is 0.481 e. The molecule has 0 aromatic heterocycles. The summed E-state index contributed by atoms with van der Waals surface area (Å²) in [5, 5.41) is 11.3. The number of carbonyl (C=O) groups is 2. The van der Waals surface area contributed by atoms with Gasteiger partial charge in [0.25, 0.3) is 0 Å². The molecular formula is C12H12FNO3. The van der Waals surface area contributed by atoms with Gasteiger partial charge in [-0.25, -0.2) is 4.39 Å². The monoisotopic (exact) mass is 237 g/mol. The minimum absolute atomic E-state index is 0.313. The molecule has 1 aliphatic rings. The van der Waals surface area contributed by atoms with E-state index in [0.717, 1.165) is 0 Å². The number of hydrogen-bond donors (Lipinski definition) is 2. The quantitative estimate of drug-likeness (QED) is 0.842. The van der Waals surface area contributed by atoms with E-state index in [2.05, 4.69) is 5.32 Å². The molecule has 5 heteroatoms. The Balaban J connectivity index is 2.02. The van der Waals surface area contributed by atoms with Crippen molar-refractivity contribution in [3.05, 3.63) is 29.6 Å². The van der Waals surface area contributed by atoms with Crippen LogP contribution in [0.3, 0.4) is 0 Å². The number of anilines is 1. The van der Waals surface area contributed by atoms with Gasteiger partial charge in [-0.05, 0) is 37.1 Å². The molecule has 1 aromatic rings. The lowest BCUT2D eigenvalue weighted by atomic mass is 10.2. The molecule has 17 heavy (non-hydrogen) atoms. The first-order valence-corrected chi connectivity index (χ1v) is 5.29. The zero-order chi connectivity index (χ0) is 12.6. The first kappa shape index (κ1) is 11.6. The Morgan fingerprint density at radius 1 is 1.41 bits per heavy atom. The van der Waals surface area contributed by atoms with Crippen LogP contribution in [0.25, 0.3) is 0 Å². The summed E-state index contributed by atoms with van der Waals surface area (Å²) in [5.74, 6) is -2.66. The molecular weight excluding hydrogens is 225 g/mol. The molecule has 1 fully saturated rings. The molecule has 4 nitrogen and oxygen atoms in total. The number of rotatable bonds is 3. The van der Waals surface area contributed by atoms with E-state index in [9.17, 15) is 14.0 Å². The van der Waals surface area contributed by atoms with Gasteiger partial charge in [-0.1, -0.05) is 0 Å². The summed E-state index contributed by atoms with van der Waals surface area (Å²) >= 11 is 0. The van der Waals surface area contributed by atoms with Gasteiger partial charge in [-0.3, -0.25) is 9.59 Å². The number of benzene rings is 1. The van der Waals surface area contributed by atoms with E-state index in [4.69, 9.17) is 5.11 Å². The topological polar surface area (TPSA) is 66.4 Å². The SMILES string of the molecule is Cc1cc(F)ccc1NC(=O)[C@@H]1C[C@@H]1C(=O)O. The van der Waals surface area contributed by atoms with E-state index in [1.165, 1.54) is 18.2 Å². The summed E-state index contributed by atoms with van der Waals surface area (Å²) < 4.78 is 12.8. The third kappa shape index (κ3) is 2.43. The van der Waals surface area contributed by atoms with Gasteiger partial charge in [0, 0.05) is 5.69 Å². The second-order valence-electron chi connectivity index (χ2n) is 4.24. The third-order valence-corrected chi connectivity index (χ3v) is 2.89. The highest BCUT2D eigenvalue weighted by atomic mass is 19.1. The zero-order valence-corrected chi connectivity index (χ0v) is 9.24. The first-order valence-electron chi connectivity index (χ1n) is 5.29. The van der Waals surface area contributed by atoms with Crippen molar-refractivity contribution in [1.29, 1.82) is 0 Å². The average molecular weight is 237 g/mol. The summed E-state index contributed by atoms with van der Waals surface area (Å²) in [6.45, 7) is 1.68. The number of halogens is 1. The number of carbonyl (C=O) groups excluding carboxylic acids is 1. The maximum Gasteiger partial charge on any atom is 0.307 e. The molecule has 2 rings (SSSR count). The van der Waals surface area contributed by atoms with Crippen LogP contribution in [0.5, 0.6) is 0 Å². The standard InChI is InChI=1S/C12H12FNO3/c1-6-4-7(13)2-3-10(6)14-11(15)8-5-9(8)12(16)17/h2-4,8-9H,5H2,1H3,(H,14,15)(H,16,17)/t8-,9+/m1/s1. The Bertz CT molecular complexity index is 487. The Labute approximate surface area is 97.4 Å². The minimum Gasteiger partial charge on any atom is -0.481 e. The van der Waals surface area contributed by atoms with Crippen LogP contribution in [0.2, 0.25) is 0 Å². The fraction of sp³-hybridized carbons (Fsp3) is 0.333. The van der Waals surface area contributed by atoms with Crippen molar-refractivity contribution in [3.8, 4) is 0 Å². The van der Waals surface area contributed by atoms with Crippen molar-refractivity contribution in [1.82, 2.24) is 0 Å². The molecule has 2 atom stereocenters. The summed E-state index contributed by atoms with van der Waals surface area (Å²) in [6, 6.07) is 4.04. The van der Waals surface area contributed by atoms with Crippen molar-refractivity contribution < 1.29 is 19.1 Å². The molecule has 0 unspecified atom stereocenters. The zero-order valence-electron chi connectivity index (χ0n) is 9.24. The normalized spacial score (nSPS) is 22.0. The van der Waals surface area contributed by atoms with E-state index in [-0.39, 0.29) is 11.7 Å². The van der Waals surface area contributed by atoms with E-state index >= 15 is 0 Å². The van der Waals surface area contributed by atoms with Crippen LogP contribution in [-0.2, 0) is 9.59 Å². The summed E-state index contributed by atoms with van der Waals surface area (Å²) in [5.41, 5.74) is 1.14. The Hall–Kier alpha value is -1.91. The van der Waals surface area contributed by atoms with Gasteiger partial charge in [-0.15, -0.1) is 0 Å². The molecule has 1 saturated carbocycles. The number of nitrogens with one attached hydrogen (secondary N) is 1. The van der Waals surface area contributed by atoms with Crippen LogP contribution in [0.1, 0.15) is 12.0 Å². The summed E-state index contributed by atoms with van der Waals surface area (Å²) in [6.07, 6.45) is 0.376.